The SMILES string of the molecule is CCC[CH2][Sn]([CH2]CCC)([O]C(=O)COc1ccccc1)[O]C(=O)COc1ccccc1. The van der Waals surface area contributed by atoms with Crippen LogP contribution in [0.1, 0.15) is 39.5 Å². The number of para-hydroxylation sites is 2. The molecule has 0 aromatic heterocycles. The van der Waals surface area contributed by atoms with Gasteiger partial charge in [0.05, 0.1) is 0 Å². The third-order valence-electron chi connectivity index (χ3n) is 4.62. The summed E-state index contributed by atoms with van der Waals surface area (Å²) in [4.78, 5) is 25.2. The van der Waals surface area contributed by atoms with Crippen LogP contribution in [0.25, 0.3) is 0 Å². The topological polar surface area (TPSA) is 71.1 Å². The summed E-state index contributed by atoms with van der Waals surface area (Å²) < 4.78 is 24.2. The van der Waals surface area contributed by atoms with Gasteiger partial charge in [0.25, 0.3) is 0 Å². The van der Waals surface area contributed by atoms with E-state index in [1.165, 1.54) is 0 Å². The van der Waals surface area contributed by atoms with Crippen molar-refractivity contribution in [3.05, 3.63) is 60.7 Å². The Hall–Kier alpha value is -2.22. The summed E-state index contributed by atoms with van der Waals surface area (Å²) in [6.07, 6.45) is 3.56. The predicted molar refractivity (Wildman–Crippen MR) is 121 cm³/mol. The molecule has 0 radical (unpaired) electrons. The fourth-order valence-corrected chi connectivity index (χ4v) is 12.8. The molecule has 2 rings (SSSR count). The molecular formula is C24H32O6Sn. The molecule has 0 saturated heterocycles. The first-order valence-electron chi connectivity index (χ1n) is 10.9. The second-order valence-corrected chi connectivity index (χ2v) is 16.5. The van der Waals surface area contributed by atoms with Crippen molar-refractivity contribution in [2.24, 2.45) is 0 Å². The number of benzene rings is 2. The van der Waals surface area contributed by atoms with Crippen LogP contribution in [0.5, 0.6) is 11.5 Å². The van der Waals surface area contributed by atoms with Crippen LogP contribution in [0.3, 0.4) is 0 Å². The zero-order valence-electron chi connectivity index (χ0n) is 18.4. The summed E-state index contributed by atoms with van der Waals surface area (Å²) in [6.45, 7) is 3.71. The Morgan fingerprint density at radius 1 is 0.677 bits per heavy atom. The molecule has 0 spiro atoms. The number of carbonyl (C=O) groups is 2. The number of hydrogen-bond donors (Lipinski definition) is 0. The van der Waals surface area contributed by atoms with Crippen molar-refractivity contribution in [1.29, 1.82) is 0 Å². The van der Waals surface area contributed by atoms with Crippen LogP contribution < -0.4 is 9.47 Å². The second kappa shape index (κ2) is 14.0. The third-order valence-corrected chi connectivity index (χ3v) is 14.4. The molecule has 0 aliphatic heterocycles. The van der Waals surface area contributed by atoms with Gasteiger partial charge in [-0.05, 0) is 0 Å². The molecule has 168 valence electrons. The summed E-state index contributed by atoms with van der Waals surface area (Å²) in [6, 6.07) is 18.2. The van der Waals surface area contributed by atoms with E-state index >= 15 is 0 Å². The average molecular weight is 535 g/mol. The molecule has 0 heterocycles. The minimum atomic E-state index is -4.01. The Kier molecular flexibility index (Phi) is 11.3. The minimum absolute atomic E-state index is 0.209. The standard InChI is InChI=1S/2C8H8O3.2C4H9.Sn/c2*9-8(10)6-11-7-4-2-1-3-5-7;2*1-3-4-2;/h2*1-5H,6H2,(H,9,10);2*1,3-4H2,2H3;/q;;;;+2/p-2. The first kappa shape index (κ1) is 25.0. The molecule has 0 unspecified atom stereocenters. The number of ether oxygens (including phenoxy) is 2. The fraction of sp³-hybridized carbons (Fsp3) is 0.417. The van der Waals surface area contributed by atoms with Gasteiger partial charge in [-0.2, -0.15) is 0 Å². The van der Waals surface area contributed by atoms with Crippen LogP contribution >= 0.6 is 0 Å². The van der Waals surface area contributed by atoms with E-state index in [9.17, 15) is 9.59 Å². The van der Waals surface area contributed by atoms with Crippen LogP contribution in [-0.4, -0.2) is 44.4 Å². The van der Waals surface area contributed by atoms with Crippen LogP contribution in [0.15, 0.2) is 60.7 Å². The van der Waals surface area contributed by atoms with Crippen LogP contribution in [-0.2, 0) is 15.7 Å². The van der Waals surface area contributed by atoms with Crippen molar-refractivity contribution < 1.29 is 25.2 Å². The fourth-order valence-electron chi connectivity index (χ4n) is 3.03. The van der Waals surface area contributed by atoms with Crippen molar-refractivity contribution in [3.63, 3.8) is 0 Å². The molecule has 0 aliphatic carbocycles. The molecular weight excluding hydrogens is 503 g/mol. The Morgan fingerprint density at radius 3 is 1.42 bits per heavy atom. The zero-order valence-corrected chi connectivity index (χ0v) is 21.2. The molecule has 0 amide bonds. The molecule has 0 fully saturated rings. The number of rotatable bonds is 14. The average Bonchev–Trinajstić information content (AvgIpc) is 2.80. The normalized spacial score (nSPS) is 10.9. The summed E-state index contributed by atoms with van der Waals surface area (Å²) in [5.74, 6) is 0.221. The van der Waals surface area contributed by atoms with Crippen LogP contribution in [0.2, 0.25) is 8.87 Å². The number of hydrogen-bond acceptors (Lipinski definition) is 6. The van der Waals surface area contributed by atoms with E-state index in [-0.39, 0.29) is 13.2 Å². The molecule has 31 heavy (non-hydrogen) atoms. The summed E-state index contributed by atoms with van der Waals surface area (Å²) >= 11 is -4.01. The van der Waals surface area contributed by atoms with Crippen molar-refractivity contribution in [3.8, 4) is 11.5 Å². The monoisotopic (exact) mass is 536 g/mol. The molecule has 6 nitrogen and oxygen atoms in total. The van der Waals surface area contributed by atoms with Crippen molar-refractivity contribution in [1.82, 2.24) is 0 Å². The van der Waals surface area contributed by atoms with E-state index in [1.54, 1.807) is 24.3 Å². The predicted octanol–water partition coefficient (Wildman–Crippen LogP) is 5.27. The van der Waals surface area contributed by atoms with E-state index < -0.39 is 31.1 Å². The third kappa shape index (κ3) is 9.63. The molecule has 2 aromatic rings. The molecule has 0 saturated carbocycles. The Morgan fingerprint density at radius 2 is 1.06 bits per heavy atom. The van der Waals surface area contributed by atoms with Gasteiger partial charge >= 0.3 is 190 Å². The number of carbonyl (C=O) groups excluding carboxylic acids is 2. The molecule has 7 heteroatoms. The first-order valence-corrected chi connectivity index (χ1v) is 17.2. The quantitative estimate of drug-likeness (QED) is 0.307. The van der Waals surface area contributed by atoms with Crippen molar-refractivity contribution in [2.75, 3.05) is 13.2 Å². The van der Waals surface area contributed by atoms with Gasteiger partial charge in [-0.15, -0.1) is 0 Å². The summed E-state index contributed by atoms with van der Waals surface area (Å²) in [5, 5.41) is 0. The Bertz CT molecular complexity index is 714. The molecule has 0 atom stereocenters. The number of unbranched alkanes of at least 4 members (excludes halogenated alkanes) is 2. The van der Waals surface area contributed by atoms with Crippen LogP contribution in [0.4, 0.5) is 0 Å². The summed E-state index contributed by atoms with van der Waals surface area (Å²) in [7, 11) is 0. The second-order valence-electron chi connectivity index (χ2n) is 7.27. The maximum absolute atomic E-state index is 12.6. The van der Waals surface area contributed by atoms with E-state index in [4.69, 9.17) is 15.6 Å². The van der Waals surface area contributed by atoms with Gasteiger partial charge in [-0.25, -0.2) is 0 Å². The zero-order chi connectivity index (χ0) is 22.4. The van der Waals surface area contributed by atoms with Gasteiger partial charge in [-0.1, -0.05) is 0 Å². The Balaban J connectivity index is 2.02. The van der Waals surface area contributed by atoms with E-state index in [1.807, 2.05) is 36.4 Å². The Labute approximate surface area is 189 Å². The first-order chi connectivity index (χ1) is 15.1. The van der Waals surface area contributed by atoms with Gasteiger partial charge in [-0.3, -0.25) is 0 Å². The molecule has 0 bridgehead atoms. The van der Waals surface area contributed by atoms with Gasteiger partial charge < -0.3 is 0 Å². The van der Waals surface area contributed by atoms with Gasteiger partial charge in [0.1, 0.15) is 0 Å². The molecule has 0 N–H and O–H groups in total. The van der Waals surface area contributed by atoms with Crippen molar-refractivity contribution >= 4 is 31.1 Å². The van der Waals surface area contributed by atoms with Crippen LogP contribution in [0, 0.1) is 0 Å². The molecule has 2 aromatic carbocycles. The van der Waals surface area contributed by atoms with E-state index in [0.717, 1.165) is 25.7 Å². The van der Waals surface area contributed by atoms with Gasteiger partial charge in [0.2, 0.25) is 0 Å². The van der Waals surface area contributed by atoms with Gasteiger partial charge in [0, 0.05) is 0 Å². The van der Waals surface area contributed by atoms with Gasteiger partial charge in [0.15, 0.2) is 0 Å². The van der Waals surface area contributed by atoms with E-state index in [0.29, 0.717) is 20.4 Å². The maximum atomic E-state index is 12.6. The molecule has 0 aliphatic rings. The van der Waals surface area contributed by atoms with E-state index in [2.05, 4.69) is 13.8 Å². The van der Waals surface area contributed by atoms with Crippen molar-refractivity contribution in [2.45, 2.75) is 48.4 Å². The summed E-state index contributed by atoms with van der Waals surface area (Å²) in [5.41, 5.74) is 0.